The van der Waals surface area contributed by atoms with Gasteiger partial charge in [0.15, 0.2) is 5.78 Å². The van der Waals surface area contributed by atoms with Gasteiger partial charge in [0.05, 0.1) is 5.54 Å². The van der Waals surface area contributed by atoms with E-state index in [9.17, 15) is 4.79 Å². The first-order valence-corrected chi connectivity index (χ1v) is 7.01. The van der Waals surface area contributed by atoms with Gasteiger partial charge in [-0.3, -0.25) is 9.69 Å². The van der Waals surface area contributed by atoms with Crippen LogP contribution in [-0.2, 0) is 4.79 Å². The summed E-state index contributed by atoms with van der Waals surface area (Å²) in [6, 6.07) is 0. The summed E-state index contributed by atoms with van der Waals surface area (Å²) in [4.78, 5) is 15.0. The summed E-state index contributed by atoms with van der Waals surface area (Å²) in [6.07, 6.45) is 14.7. The van der Waals surface area contributed by atoms with Crippen molar-refractivity contribution in [1.29, 1.82) is 0 Å². The van der Waals surface area contributed by atoms with Crippen molar-refractivity contribution >= 4 is 5.78 Å². The zero-order valence-corrected chi connectivity index (χ0v) is 10.7. The molecule has 2 fully saturated rings. The molecule has 0 aromatic heterocycles. The van der Waals surface area contributed by atoms with Crippen LogP contribution >= 0.6 is 0 Å². The number of ketones is 1. The standard InChI is InChI=1S/C15H23NO/c1-2-3-4-9-14(17)15(10-5-6-11-15)16-12-7-8-13-16/h1H,3-13H2. The molecule has 1 saturated carbocycles. The molecule has 1 heterocycles. The number of hydrogen-bond donors (Lipinski definition) is 0. The van der Waals surface area contributed by atoms with Crippen LogP contribution in [0.3, 0.4) is 0 Å². The van der Waals surface area contributed by atoms with Crippen LogP contribution in [0.1, 0.15) is 57.8 Å². The molecule has 1 saturated heterocycles. The van der Waals surface area contributed by atoms with Crippen molar-refractivity contribution in [2.75, 3.05) is 13.1 Å². The first-order chi connectivity index (χ1) is 8.29. The third-order valence-corrected chi connectivity index (χ3v) is 4.39. The third kappa shape index (κ3) is 2.55. The summed E-state index contributed by atoms with van der Waals surface area (Å²) >= 11 is 0. The fourth-order valence-corrected chi connectivity index (χ4v) is 3.46. The van der Waals surface area contributed by atoms with E-state index < -0.39 is 0 Å². The van der Waals surface area contributed by atoms with Crippen LogP contribution in [0.15, 0.2) is 0 Å². The minimum Gasteiger partial charge on any atom is -0.298 e. The lowest BCUT2D eigenvalue weighted by Crippen LogP contribution is -2.51. The van der Waals surface area contributed by atoms with Crippen LogP contribution in [0.5, 0.6) is 0 Å². The molecule has 0 atom stereocenters. The van der Waals surface area contributed by atoms with E-state index in [2.05, 4.69) is 10.8 Å². The number of nitrogens with zero attached hydrogens (tertiary/aromatic N) is 1. The minimum atomic E-state index is -0.0922. The summed E-state index contributed by atoms with van der Waals surface area (Å²) in [6.45, 7) is 2.25. The quantitative estimate of drug-likeness (QED) is 0.537. The molecule has 2 aliphatic rings. The van der Waals surface area contributed by atoms with Crippen molar-refractivity contribution in [2.45, 2.75) is 63.3 Å². The number of terminal acetylenes is 1. The summed E-state index contributed by atoms with van der Waals surface area (Å²) in [5.74, 6) is 3.09. The van der Waals surface area contributed by atoms with Gasteiger partial charge in [-0.2, -0.15) is 0 Å². The van der Waals surface area contributed by atoms with Crippen molar-refractivity contribution in [3.05, 3.63) is 0 Å². The largest absolute Gasteiger partial charge is 0.298 e. The lowest BCUT2D eigenvalue weighted by atomic mass is 9.87. The Morgan fingerprint density at radius 2 is 1.82 bits per heavy atom. The molecule has 17 heavy (non-hydrogen) atoms. The van der Waals surface area contributed by atoms with Gasteiger partial charge in [-0.1, -0.05) is 12.8 Å². The summed E-state index contributed by atoms with van der Waals surface area (Å²) in [5, 5.41) is 0. The van der Waals surface area contributed by atoms with Gasteiger partial charge in [-0.05, 0) is 45.2 Å². The topological polar surface area (TPSA) is 20.3 Å². The SMILES string of the molecule is C#CCCCC(=O)C1(N2CCCC2)CCCC1. The molecule has 0 radical (unpaired) electrons. The monoisotopic (exact) mass is 233 g/mol. The van der Waals surface area contributed by atoms with E-state index in [1.807, 2.05) is 0 Å². The number of unbranched alkanes of at least 4 members (excludes halogenated alkanes) is 1. The van der Waals surface area contributed by atoms with Gasteiger partial charge in [-0.25, -0.2) is 0 Å². The second-order valence-corrected chi connectivity index (χ2v) is 5.41. The van der Waals surface area contributed by atoms with Crippen LogP contribution in [-0.4, -0.2) is 29.3 Å². The number of carbonyl (C=O) groups is 1. The maximum atomic E-state index is 12.5. The number of rotatable bonds is 5. The highest BCUT2D eigenvalue weighted by Gasteiger charge is 2.45. The van der Waals surface area contributed by atoms with Crippen LogP contribution in [0.25, 0.3) is 0 Å². The van der Waals surface area contributed by atoms with Crippen molar-refractivity contribution < 1.29 is 4.79 Å². The fourth-order valence-electron chi connectivity index (χ4n) is 3.46. The Bertz CT molecular complexity index is 303. The van der Waals surface area contributed by atoms with Gasteiger partial charge in [0.1, 0.15) is 0 Å². The number of hydrogen-bond acceptors (Lipinski definition) is 2. The highest BCUT2D eigenvalue weighted by atomic mass is 16.1. The maximum Gasteiger partial charge on any atom is 0.153 e. The zero-order chi connectivity index (χ0) is 12.1. The Labute approximate surface area is 105 Å². The predicted octanol–water partition coefficient (Wildman–Crippen LogP) is 2.77. The minimum absolute atomic E-state index is 0.0922. The molecule has 2 heteroatoms. The number of likely N-dealkylation sites (tertiary alicyclic amines) is 1. The van der Waals surface area contributed by atoms with Crippen molar-refractivity contribution in [3.8, 4) is 12.3 Å². The fraction of sp³-hybridized carbons (Fsp3) is 0.800. The zero-order valence-electron chi connectivity index (χ0n) is 10.7. The van der Waals surface area contributed by atoms with Crippen LogP contribution in [0, 0.1) is 12.3 Å². The van der Waals surface area contributed by atoms with Gasteiger partial charge in [0, 0.05) is 12.8 Å². The van der Waals surface area contributed by atoms with Gasteiger partial charge in [-0.15, -0.1) is 12.3 Å². The van der Waals surface area contributed by atoms with E-state index in [0.717, 1.165) is 38.8 Å². The van der Waals surface area contributed by atoms with E-state index in [4.69, 9.17) is 6.42 Å². The first kappa shape index (κ1) is 12.6. The van der Waals surface area contributed by atoms with Crippen molar-refractivity contribution in [3.63, 3.8) is 0 Å². The van der Waals surface area contributed by atoms with E-state index in [0.29, 0.717) is 12.2 Å². The smallest absolute Gasteiger partial charge is 0.153 e. The third-order valence-electron chi connectivity index (χ3n) is 4.39. The van der Waals surface area contributed by atoms with E-state index in [-0.39, 0.29) is 5.54 Å². The van der Waals surface area contributed by atoms with Gasteiger partial charge < -0.3 is 0 Å². The number of Topliss-reactive ketones (excluding diaryl/α,β-unsaturated/α-hetero) is 1. The first-order valence-electron chi connectivity index (χ1n) is 7.01. The molecule has 2 nitrogen and oxygen atoms in total. The Morgan fingerprint density at radius 3 is 2.41 bits per heavy atom. The van der Waals surface area contributed by atoms with Crippen molar-refractivity contribution in [2.24, 2.45) is 0 Å². The van der Waals surface area contributed by atoms with Gasteiger partial charge >= 0.3 is 0 Å². The maximum absolute atomic E-state index is 12.5. The van der Waals surface area contributed by atoms with Crippen LogP contribution in [0.4, 0.5) is 0 Å². The van der Waals surface area contributed by atoms with Crippen molar-refractivity contribution in [1.82, 2.24) is 4.90 Å². The molecular formula is C15H23NO. The number of carbonyl (C=O) groups excluding carboxylic acids is 1. The molecule has 0 aromatic carbocycles. The Hall–Kier alpha value is -0.810. The molecule has 0 bridgehead atoms. The molecule has 0 spiro atoms. The summed E-state index contributed by atoms with van der Waals surface area (Å²) < 4.78 is 0. The average molecular weight is 233 g/mol. The highest BCUT2D eigenvalue weighted by molar-refractivity contribution is 5.88. The van der Waals surface area contributed by atoms with Gasteiger partial charge in [0.25, 0.3) is 0 Å². The molecular weight excluding hydrogens is 210 g/mol. The average Bonchev–Trinajstić information content (AvgIpc) is 3.00. The van der Waals surface area contributed by atoms with E-state index in [1.54, 1.807) is 0 Å². The van der Waals surface area contributed by atoms with Crippen LogP contribution < -0.4 is 0 Å². The molecule has 0 amide bonds. The Kier molecular flexibility index (Phi) is 4.23. The molecule has 0 unspecified atom stereocenters. The lowest BCUT2D eigenvalue weighted by Gasteiger charge is -2.37. The Morgan fingerprint density at radius 1 is 1.18 bits per heavy atom. The van der Waals surface area contributed by atoms with E-state index >= 15 is 0 Å². The molecule has 94 valence electrons. The lowest BCUT2D eigenvalue weighted by molar-refractivity contribution is -0.130. The molecule has 1 aliphatic heterocycles. The van der Waals surface area contributed by atoms with E-state index in [1.165, 1.54) is 25.7 Å². The highest BCUT2D eigenvalue weighted by Crippen LogP contribution is 2.39. The second-order valence-electron chi connectivity index (χ2n) is 5.41. The molecule has 0 N–H and O–H groups in total. The second kappa shape index (κ2) is 5.69. The summed E-state index contributed by atoms with van der Waals surface area (Å²) in [5.41, 5.74) is -0.0922. The van der Waals surface area contributed by atoms with Gasteiger partial charge in [0.2, 0.25) is 0 Å². The van der Waals surface area contributed by atoms with Crippen LogP contribution in [0.2, 0.25) is 0 Å². The molecule has 0 aromatic rings. The Balaban J connectivity index is 2.00. The molecule has 1 aliphatic carbocycles. The molecule has 2 rings (SSSR count). The predicted molar refractivity (Wildman–Crippen MR) is 69.7 cm³/mol. The summed E-state index contributed by atoms with van der Waals surface area (Å²) in [7, 11) is 0. The normalized spacial score (nSPS) is 23.7.